The van der Waals surface area contributed by atoms with E-state index in [2.05, 4.69) is 6.92 Å². The lowest BCUT2D eigenvalue weighted by atomic mass is 9.99. The van der Waals surface area contributed by atoms with Crippen LogP contribution in [0.4, 0.5) is 8.63 Å². The van der Waals surface area contributed by atoms with Gasteiger partial charge in [-0.2, -0.15) is 0 Å². The highest BCUT2D eigenvalue weighted by atomic mass is 19.2. The van der Waals surface area contributed by atoms with E-state index in [1.165, 1.54) is 5.56 Å². The van der Waals surface area contributed by atoms with E-state index in [-0.39, 0.29) is 18.0 Å². The first-order valence-corrected chi connectivity index (χ1v) is 8.37. The van der Waals surface area contributed by atoms with Crippen LogP contribution in [0.1, 0.15) is 52.5 Å². The molecule has 0 aliphatic rings. The van der Waals surface area contributed by atoms with Crippen LogP contribution in [0.25, 0.3) is 0 Å². The summed E-state index contributed by atoms with van der Waals surface area (Å²) in [5, 5.41) is 0. The topological polar surface area (TPSA) is 43.4 Å². The van der Waals surface area contributed by atoms with Crippen LogP contribution >= 0.6 is 0 Å². The number of ketones is 2. The molecule has 2 rings (SSSR count). The van der Waals surface area contributed by atoms with Gasteiger partial charge in [0.05, 0.1) is 13.5 Å². The number of benzene rings is 2. The van der Waals surface area contributed by atoms with E-state index in [1.54, 1.807) is 31.4 Å². The zero-order chi connectivity index (χ0) is 19.4. The lowest BCUT2D eigenvalue weighted by Crippen LogP contribution is -2.08. The molecule has 0 saturated carbocycles. The molecule has 0 aromatic heterocycles. The normalized spacial score (nSPS) is 9.69. The minimum atomic E-state index is -1.00. The van der Waals surface area contributed by atoms with Crippen molar-refractivity contribution in [3.63, 3.8) is 0 Å². The molecule has 26 heavy (non-hydrogen) atoms. The molecule has 0 unspecified atom stereocenters. The fourth-order valence-electron chi connectivity index (χ4n) is 2.37. The molecule has 2 aromatic rings. The Kier molecular flexibility index (Phi) is 9.91. The minimum Gasteiger partial charge on any atom is -0.497 e. The van der Waals surface area contributed by atoms with Gasteiger partial charge in [-0.1, -0.05) is 37.6 Å². The summed E-state index contributed by atoms with van der Waals surface area (Å²) in [4.78, 5) is 24.4. The van der Waals surface area contributed by atoms with Crippen LogP contribution in [0.2, 0.25) is 0 Å². The molecule has 2 aromatic carbocycles. The van der Waals surface area contributed by atoms with E-state index >= 15 is 0 Å². The Hall–Kier alpha value is -2.50. The molecular weight excluding hydrogens is 337 g/mol. The summed E-state index contributed by atoms with van der Waals surface area (Å²) in [6, 6.07) is 14.4. The molecule has 6 heteroatoms. The predicted molar refractivity (Wildman–Crippen MR) is 99.3 cm³/mol. The van der Waals surface area contributed by atoms with Crippen LogP contribution in [0.3, 0.4) is 0 Å². The van der Waals surface area contributed by atoms with Crippen molar-refractivity contribution in [1.29, 1.82) is 0 Å². The molecule has 0 bridgehead atoms. The number of hydrogen-bond acceptors (Lipinski definition) is 3. The molecule has 0 saturated heterocycles. The number of halogens is 2. The average molecular weight is 359 g/mol. The summed E-state index contributed by atoms with van der Waals surface area (Å²) in [6.07, 6.45) is 3.21. The molecular formula is C20H22BF2O3. The lowest BCUT2D eigenvalue weighted by molar-refractivity contribution is 0.0894. The van der Waals surface area contributed by atoms with Crippen molar-refractivity contribution < 1.29 is 23.0 Å². The van der Waals surface area contributed by atoms with Gasteiger partial charge in [0.2, 0.25) is 0 Å². The molecule has 0 fully saturated rings. The first-order chi connectivity index (χ1) is 12.5. The molecule has 137 valence electrons. The van der Waals surface area contributed by atoms with Gasteiger partial charge >= 0.3 is 7.83 Å². The number of carbonyl (C=O) groups is 2. The molecule has 0 atom stereocenters. The van der Waals surface area contributed by atoms with E-state index in [9.17, 15) is 18.2 Å². The Morgan fingerprint density at radius 3 is 1.81 bits per heavy atom. The van der Waals surface area contributed by atoms with Crippen molar-refractivity contribution in [2.24, 2.45) is 0 Å². The SMILES string of the molecule is CCCCc1ccc(C(=O)CC(=O)c2ccc(OC)cc2)cc1.F[B]F. The number of Topliss-reactive ketones (excluding diaryl/α,β-unsaturated/α-hetero) is 2. The number of methoxy groups -OCH3 is 1. The van der Waals surface area contributed by atoms with E-state index in [4.69, 9.17) is 4.74 Å². The quantitative estimate of drug-likeness (QED) is 0.380. The summed E-state index contributed by atoms with van der Waals surface area (Å²) in [5.41, 5.74) is 2.34. The Bertz CT molecular complexity index is 685. The van der Waals surface area contributed by atoms with Gasteiger partial charge in [0, 0.05) is 11.1 Å². The van der Waals surface area contributed by atoms with Crippen LogP contribution < -0.4 is 4.74 Å². The van der Waals surface area contributed by atoms with Crippen LogP contribution in [-0.2, 0) is 6.42 Å². The van der Waals surface area contributed by atoms with Crippen molar-refractivity contribution in [3.05, 3.63) is 65.2 Å². The summed E-state index contributed by atoms with van der Waals surface area (Å²) < 4.78 is 24.1. The van der Waals surface area contributed by atoms with Crippen molar-refractivity contribution >= 4 is 19.4 Å². The van der Waals surface area contributed by atoms with Crippen LogP contribution in [0.5, 0.6) is 5.75 Å². The largest absolute Gasteiger partial charge is 0.577 e. The molecule has 0 spiro atoms. The highest BCUT2D eigenvalue weighted by molar-refractivity contribution is 6.15. The van der Waals surface area contributed by atoms with Crippen molar-refractivity contribution in [1.82, 2.24) is 0 Å². The fourth-order valence-corrected chi connectivity index (χ4v) is 2.37. The number of aryl methyl sites for hydroxylation is 1. The van der Waals surface area contributed by atoms with Gasteiger partial charge in [-0.05, 0) is 42.7 Å². The van der Waals surface area contributed by atoms with E-state index in [1.807, 2.05) is 24.3 Å². The maximum absolute atomic E-state index is 12.2. The monoisotopic (exact) mass is 359 g/mol. The first kappa shape index (κ1) is 21.5. The van der Waals surface area contributed by atoms with Gasteiger partial charge in [-0.3, -0.25) is 18.2 Å². The third kappa shape index (κ3) is 7.17. The van der Waals surface area contributed by atoms with Crippen molar-refractivity contribution in [3.8, 4) is 5.75 Å². The van der Waals surface area contributed by atoms with Crippen LogP contribution in [0.15, 0.2) is 48.5 Å². The third-order valence-electron chi connectivity index (χ3n) is 3.83. The first-order valence-electron chi connectivity index (χ1n) is 8.37. The Morgan fingerprint density at radius 2 is 1.38 bits per heavy atom. The molecule has 0 aliphatic carbocycles. The smallest absolute Gasteiger partial charge is 0.497 e. The Balaban J connectivity index is 0.00000105. The lowest BCUT2D eigenvalue weighted by Gasteiger charge is -2.05. The number of carbonyl (C=O) groups excluding carboxylic acids is 2. The molecule has 0 amide bonds. The van der Waals surface area contributed by atoms with E-state index in [0.29, 0.717) is 16.9 Å². The predicted octanol–water partition coefficient (Wildman–Crippen LogP) is 4.95. The summed E-state index contributed by atoms with van der Waals surface area (Å²) in [5.74, 6) is 0.371. The van der Waals surface area contributed by atoms with Crippen LogP contribution in [-0.4, -0.2) is 26.5 Å². The second kappa shape index (κ2) is 12.0. The Morgan fingerprint density at radius 1 is 0.923 bits per heavy atom. The van der Waals surface area contributed by atoms with Crippen LogP contribution in [0, 0.1) is 0 Å². The highest BCUT2D eigenvalue weighted by Gasteiger charge is 2.13. The number of rotatable bonds is 8. The number of ether oxygens (including phenoxy) is 1. The van der Waals surface area contributed by atoms with Gasteiger partial charge in [-0.25, -0.2) is 0 Å². The number of unbranched alkanes of at least 4 members (excludes halogenated alkanes) is 1. The standard InChI is InChI=1S/C20H22O3.BF2/c1-3-4-5-15-6-8-16(9-7-15)19(21)14-20(22)17-10-12-18(23-2)13-11-17;2-1-3/h6-13H,3-5,14H2,1-2H3;. The maximum atomic E-state index is 12.2. The van der Waals surface area contributed by atoms with Gasteiger partial charge in [0.15, 0.2) is 11.6 Å². The Labute approximate surface area is 153 Å². The summed E-state index contributed by atoms with van der Waals surface area (Å²) >= 11 is 0. The second-order valence-electron chi connectivity index (χ2n) is 5.63. The van der Waals surface area contributed by atoms with Gasteiger partial charge in [-0.15, -0.1) is 0 Å². The van der Waals surface area contributed by atoms with Crippen molar-refractivity contribution in [2.45, 2.75) is 32.6 Å². The van der Waals surface area contributed by atoms with Gasteiger partial charge in [0.25, 0.3) is 0 Å². The molecule has 0 heterocycles. The molecule has 0 aliphatic heterocycles. The second-order valence-corrected chi connectivity index (χ2v) is 5.63. The molecule has 1 radical (unpaired) electrons. The number of hydrogen-bond donors (Lipinski definition) is 0. The molecule has 0 N–H and O–H groups in total. The highest BCUT2D eigenvalue weighted by Crippen LogP contribution is 2.15. The van der Waals surface area contributed by atoms with E-state index < -0.39 is 7.83 Å². The average Bonchev–Trinajstić information content (AvgIpc) is 2.67. The fraction of sp³-hybridized carbons (Fsp3) is 0.300. The zero-order valence-corrected chi connectivity index (χ0v) is 15.0. The maximum Gasteiger partial charge on any atom is 0.577 e. The minimum absolute atomic E-state index is 0.110. The zero-order valence-electron chi connectivity index (χ0n) is 15.0. The van der Waals surface area contributed by atoms with Gasteiger partial charge < -0.3 is 4.74 Å². The van der Waals surface area contributed by atoms with Gasteiger partial charge in [0.1, 0.15) is 5.75 Å². The summed E-state index contributed by atoms with van der Waals surface area (Å²) in [7, 11) is 0.574. The summed E-state index contributed by atoms with van der Waals surface area (Å²) in [6.45, 7) is 2.16. The third-order valence-corrected chi connectivity index (χ3v) is 3.83. The van der Waals surface area contributed by atoms with Crippen molar-refractivity contribution in [2.75, 3.05) is 7.11 Å². The molecule has 3 nitrogen and oxygen atoms in total. The van der Waals surface area contributed by atoms with E-state index in [0.717, 1.165) is 19.3 Å².